The predicted octanol–water partition coefficient (Wildman–Crippen LogP) is 2.04. The molecule has 3 heteroatoms. The Labute approximate surface area is 102 Å². The fourth-order valence-electron chi connectivity index (χ4n) is 2.00. The summed E-state index contributed by atoms with van der Waals surface area (Å²) in [5, 5.41) is 3.51. The van der Waals surface area contributed by atoms with Crippen LogP contribution in [-0.4, -0.2) is 19.1 Å². The number of carbonyl (C=O) groups is 1. The molecule has 1 aromatic rings. The van der Waals surface area contributed by atoms with Gasteiger partial charge in [-0.2, -0.15) is 0 Å². The topological polar surface area (TPSA) is 38.3 Å². The van der Waals surface area contributed by atoms with Crippen LogP contribution in [0.15, 0.2) is 24.3 Å². The first-order valence-electron chi connectivity index (χ1n) is 6.16. The number of benzene rings is 1. The van der Waals surface area contributed by atoms with Gasteiger partial charge < -0.3 is 10.1 Å². The molecule has 1 aromatic carbocycles. The third-order valence-electron chi connectivity index (χ3n) is 3.37. The monoisotopic (exact) mass is 233 g/mol. The molecular weight excluding hydrogens is 214 g/mol. The zero-order chi connectivity index (χ0) is 12.1. The Morgan fingerprint density at radius 1 is 1.35 bits per heavy atom. The third-order valence-corrected chi connectivity index (χ3v) is 3.37. The highest BCUT2D eigenvalue weighted by Gasteiger charge is 2.17. The van der Waals surface area contributed by atoms with Gasteiger partial charge in [0.25, 0.3) is 0 Å². The van der Waals surface area contributed by atoms with Crippen LogP contribution in [0.5, 0.6) is 0 Å². The van der Waals surface area contributed by atoms with E-state index in [2.05, 4.69) is 11.4 Å². The molecule has 0 amide bonds. The highest BCUT2D eigenvalue weighted by atomic mass is 16.5. The Bertz CT molecular complexity index is 386. The lowest BCUT2D eigenvalue weighted by Gasteiger charge is -2.27. The summed E-state index contributed by atoms with van der Waals surface area (Å²) in [6.45, 7) is 0.845. The molecule has 0 bridgehead atoms. The molecule has 1 aliphatic rings. The molecule has 0 aliphatic heterocycles. The zero-order valence-corrected chi connectivity index (χ0v) is 10.2. The van der Waals surface area contributed by atoms with Crippen LogP contribution in [0.2, 0.25) is 0 Å². The van der Waals surface area contributed by atoms with Crippen LogP contribution in [-0.2, 0) is 22.5 Å². The van der Waals surface area contributed by atoms with Crippen LogP contribution in [0.1, 0.15) is 30.4 Å². The van der Waals surface area contributed by atoms with Gasteiger partial charge in [0.05, 0.1) is 13.5 Å². The molecule has 0 aromatic heterocycles. The average molecular weight is 233 g/mol. The summed E-state index contributed by atoms with van der Waals surface area (Å²) in [7, 11) is 1.43. The van der Waals surface area contributed by atoms with Crippen LogP contribution in [0.4, 0.5) is 0 Å². The molecule has 0 heterocycles. The lowest BCUT2D eigenvalue weighted by Crippen LogP contribution is -2.34. The molecule has 0 radical (unpaired) electrons. The third kappa shape index (κ3) is 3.30. The van der Waals surface area contributed by atoms with Crippen molar-refractivity contribution in [3.05, 3.63) is 35.4 Å². The van der Waals surface area contributed by atoms with E-state index in [-0.39, 0.29) is 5.97 Å². The molecule has 1 N–H and O–H groups in total. The van der Waals surface area contributed by atoms with E-state index in [1.54, 1.807) is 0 Å². The quantitative estimate of drug-likeness (QED) is 0.791. The van der Waals surface area contributed by atoms with Gasteiger partial charge in [-0.05, 0) is 24.0 Å². The number of esters is 1. The smallest absolute Gasteiger partial charge is 0.309 e. The molecule has 1 fully saturated rings. The van der Waals surface area contributed by atoms with E-state index in [1.807, 2.05) is 18.2 Å². The number of ether oxygens (including phenoxy) is 1. The maximum absolute atomic E-state index is 11.3. The Morgan fingerprint density at radius 3 is 2.65 bits per heavy atom. The molecule has 92 valence electrons. The molecule has 0 saturated heterocycles. The van der Waals surface area contributed by atoms with Crippen LogP contribution in [0.25, 0.3) is 0 Å². The molecule has 0 unspecified atom stereocenters. The van der Waals surface area contributed by atoms with Gasteiger partial charge in [0.1, 0.15) is 0 Å². The van der Waals surface area contributed by atoms with Crippen molar-refractivity contribution < 1.29 is 9.53 Å². The summed E-state index contributed by atoms with van der Waals surface area (Å²) in [4.78, 5) is 11.3. The van der Waals surface area contributed by atoms with E-state index < -0.39 is 0 Å². The maximum atomic E-state index is 11.3. The zero-order valence-electron chi connectivity index (χ0n) is 10.2. The second-order valence-corrected chi connectivity index (χ2v) is 4.53. The predicted molar refractivity (Wildman–Crippen MR) is 66.6 cm³/mol. The van der Waals surface area contributed by atoms with E-state index in [4.69, 9.17) is 4.74 Å². The summed E-state index contributed by atoms with van der Waals surface area (Å²) in [6, 6.07) is 8.71. The average Bonchev–Trinajstić information content (AvgIpc) is 2.29. The van der Waals surface area contributed by atoms with Crippen LogP contribution in [0, 0.1) is 0 Å². The number of hydrogen-bond acceptors (Lipinski definition) is 3. The maximum Gasteiger partial charge on any atom is 0.309 e. The second-order valence-electron chi connectivity index (χ2n) is 4.53. The summed E-state index contributed by atoms with van der Waals surface area (Å²) in [5.41, 5.74) is 2.26. The van der Waals surface area contributed by atoms with Gasteiger partial charge in [-0.25, -0.2) is 0 Å². The summed E-state index contributed by atoms with van der Waals surface area (Å²) >= 11 is 0. The van der Waals surface area contributed by atoms with Crippen molar-refractivity contribution in [1.29, 1.82) is 0 Å². The SMILES string of the molecule is COC(=O)Cc1ccccc1CNC1CCC1. The van der Waals surface area contributed by atoms with Crippen molar-refractivity contribution in [3.63, 3.8) is 0 Å². The highest BCUT2D eigenvalue weighted by Crippen LogP contribution is 2.19. The minimum Gasteiger partial charge on any atom is -0.469 e. The fourth-order valence-corrected chi connectivity index (χ4v) is 2.00. The molecule has 2 rings (SSSR count). The molecule has 3 nitrogen and oxygen atoms in total. The number of nitrogens with one attached hydrogen (secondary N) is 1. The van der Waals surface area contributed by atoms with Crippen molar-refractivity contribution in [3.8, 4) is 0 Å². The van der Waals surface area contributed by atoms with Gasteiger partial charge in [-0.3, -0.25) is 4.79 Å². The lowest BCUT2D eigenvalue weighted by molar-refractivity contribution is -0.139. The minimum absolute atomic E-state index is 0.180. The standard InChI is InChI=1S/C14H19NO2/c1-17-14(16)9-11-5-2-3-6-12(11)10-15-13-7-4-8-13/h2-3,5-6,13,15H,4,7-10H2,1H3. The van der Waals surface area contributed by atoms with E-state index in [1.165, 1.54) is 31.9 Å². The van der Waals surface area contributed by atoms with Crippen LogP contribution in [0.3, 0.4) is 0 Å². The van der Waals surface area contributed by atoms with Crippen molar-refractivity contribution in [2.45, 2.75) is 38.3 Å². The first-order valence-corrected chi connectivity index (χ1v) is 6.16. The Kier molecular flexibility index (Phi) is 4.15. The van der Waals surface area contributed by atoms with Gasteiger partial charge >= 0.3 is 5.97 Å². The number of rotatable bonds is 5. The number of methoxy groups -OCH3 is 1. The van der Waals surface area contributed by atoms with Gasteiger partial charge in [-0.1, -0.05) is 30.7 Å². The number of carbonyl (C=O) groups excluding carboxylic acids is 1. The largest absolute Gasteiger partial charge is 0.469 e. The molecule has 0 atom stereocenters. The Morgan fingerprint density at radius 2 is 2.06 bits per heavy atom. The highest BCUT2D eigenvalue weighted by molar-refractivity contribution is 5.72. The normalized spacial score (nSPS) is 15.4. The molecule has 17 heavy (non-hydrogen) atoms. The van der Waals surface area contributed by atoms with Crippen LogP contribution < -0.4 is 5.32 Å². The lowest BCUT2D eigenvalue weighted by atomic mass is 9.92. The van der Waals surface area contributed by atoms with E-state index in [0.717, 1.165) is 12.1 Å². The van der Waals surface area contributed by atoms with Gasteiger partial charge in [0.2, 0.25) is 0 Å². The molecular formula is C14H19NO2. The van der Waals surface area contributed by atoms with Crippen LogP contribution >= 0.6 is 0 Å². The second kappa shape index (κ2) is 5.82. The summed E-state index contributed by atoms with van der Waals surface area (Å²) in [5.74, 6) is -0.180. The first-order chi connectivity index (χ1) is 8.29. The van der Waals surface area contributed by atoms with E-state index in [0.29, 0.717) is 12.5 Å². The van der Waals surface area contributed by atoms with Gasteiger partial charge in [-0.15, -0.1) is 0 Å². The Balaban J connectivity index is 1.96. The van der Waals surface area contributed by atoms with Gasteiger partial charge in [0, 0.05) is 12.6 Å². The number of hydrogen-bond donors (Lipinski definition) is 1. The van der Waals surface area contributed by atoms with Crippen molar-refractivity contribution >= 4 is 5.97 Å². The van der Waals surface area contributed by atoms with Crippen molar-refractivity contribution in [1.82, 2.24) is 5.32 Å². The molecule has 0 spiro atoms. The Hall–Kier alpha value is -1.35. The van der Waals surface area contributed by atoms with Crippen molar-refractivity contribution in [2.24, 2.45) is 0 Å². The van der Waals surface area contributed by atoms with E-state index >= 15 is 0 Å². The summed E-state index contributed by atoms with van der Waals surface area (Å²) in [6.07, 6.45) is 4.25. The van der Waals surface area contributed by atoms with E-state index in [9.17, 15) is 4.79 Å². The van der Waals surface area contributed by atoms with Crippen molar-refractivity contribution in [2.75, 3.05) is 7.11 Å². The summed E-state index contributed by atoms with van der Waals surface area (Å²) < 4.78 is 4.71. The molecule has 1 saturated carbocycles. The molecule has 1 aliphatic carbocycles. The minimum atomic E-state index is -0.180. The first kappa shape index (κ1) is 12.1. The fraction of sp³-hybridized carbons (Fsp3) is 0.500. The van der Waals surface area contributed by atoms with Gasteiger partial charge in [0.15, 0.2) is 0 Å².